The SMILES string of the molecule is CCC(=O)c1ccc2c(c1)C(=Cc1cc(Cl)c(O)c(Cl)c1)C(=O)N2. The van der Waals surface area contributed by atoms with Crippen molar-refractivity contribution in [1.29, 1.82) is 0 Å². The molecule has 1 aliphatic rings. The van der Waals surface area contributed by atoms with Crippen LogP contribution < -0.4 is 5.32 Å². The molecular formula is C18H13Cl2NO3. The maximum atomic E-state index is 12.2. The van der Waals surface area contributed by atoms with Crippen LogP contribution in [0.3, 0.4) is 0 Å². The van der Waals surface area contributed by atoms with Gasteiger partial charge in [-0.2, -0.15) is 0 Å². The number of phenols is 1. The second kappa shape index (κ2) is 6.30. The van der Waals surface area contributed by atoms with Crippen molar-refractivity contribution in [3.05, 3.63) is 57.1 Å². The van der Waals surface area contributed by atoms with Crippen LogP contribution in [0, 0.1) is 0 Å². The Morgan fingerprint density at radius 3 is 2.50 bits per heavy atom. The molecule has 3 rings (SSSR count). The molecule has 0 radical (unpaired) electrons. The minimum absolute atomic E-state index is 0.00669. The quantitative estimate of drug-likeness (QED) is 0.610. The predicted molar refractivity (Wildman–Crippen MR) is 95.7 cm³/mol. The van der Waals surface area contributed by atoms with Gasteiger partial charge in [0.25, 0.3) is 5.91 Å². The number of nitrogens with one attached hydrogen (secondary N) is 1. The fourth-order valence-electron chi connectivity index (χ4n) is 2.54. The van der Waals surface area contributed by atoms with Crippen LogP contribution in [0.2, 0.25) is 10.0 Å². The fraction of sp³-hybridized carbons (Fsp3) is 0.111. The Kier molecular flexibility index (Phi) is 4.35. The molecule has 1 heterocycles. The van der Waals surface area contributed by atoms with Gasteiger partial charge < -0.3 is 10.4 Å². The van der Waals surface area contributed by atoms with E-state index in [-0.39, 0.29) is 27.5 Å². The average Bonchev–Trinajstić information content (AvgIpc) is 2.87. The minimum Gasteiger partial charge on any atom is -0.505 e. The van der Waals surface area contributed by atoms with Crippen molar-refractivity contribution >= 4 is 52.2 Å². The Morgan fingerprint density at radius 1 is 1.21 bits per heavy atom. The Labute approximate surface area is 148 Å². The van der Waals surface area contributed by atoms with Gasteiger partial charge in [0.05, 0.1) is 10.0 Å². The molecule has 0 unspecified atom stereocenters. The van der Waals surface area contributed by atoms with Crippen LogP contribution >= 0.6 is 23.2 Å². The second-order valence-corrected chi connectivity index (χ2v) is 6.20. The summed E-state index contributed by atoms with van der Waals surface area (Å²) >= 11 is 11.8. The van der Waals surface area contributed by atoms with Gasteiger partial charge in [-0.25, -0.2) is 0 Å². The van der Waals surface area contributed by atoms with E-state index in [1.54, 1.807) is 31.2 Å². The number of anilines is 1. The van der Waals surface area contributed by atoms with Crippen molar-refractivity contribution in [2.75, 3.05) is 5.32 Å². The number of carbonyl (C=O) groups excluding carboxylic acids is 2. The van der Waals surface area contributed by atoms with E-state index < -0.39 is 0 Å². The first-order valence-electron chi connectivity index (χ1n) is 7.29. The lowest BCUT2D eigenvalue weighted by Crippen LogP contribution is -2.03. The molecule has 0 saturated heterocycles. The molecule has 0 bridgehead atoms. The number of fused-ring (bicyclic) bond motifs is 1. The Hall–Kier alpha value is -2.30. The third-order valence-electron chi connectivity index (χ3n) is 3.80. The highest BCUT2D eigenvalue weighted by atomic mass is 35.5. The second-order valence-electron chi connectivity index (χ2n) is 5.38. The largest absolute Gasteiger partial charge is 0.505 e. The number of benzene rings is 2. The number of Topliss-reactive ketones (excluding diaryl/α,β-unsaturated/α-hetero) is 1. The van der Waals surface area contributed by atoms with Gasteiger partial charge in [-0.1, -0.05) is 30.1 Å². The summed E-state index contributed by atoms with van der Waals surface area (Å²) in [6.07, 6.45) is 2.01. The molecule has 0 aliphatic carbocycles. The summed E-state index contributed by atoms with van der Waals surface area (Å²) in [6.45, 7) is 1.79. The van der Waals surface area contributed by atoms with Crippen molar-refractivity contribution in [3.63, 3.8) is 0 Å². The molecule has 2 N–H and O–H groups in total. The van der Waals surface area contributed by atoms with Crippen molar-refractivity contribution in [2.45, 2.75) is 13.3 Å². The Balaban J connectivity index is 2.10. The fourth-order valence-corrected chi connectivity index (χ4v) is 3.05. The van der Waals surface area contributed by atoms with Gasteiger partial charge in [0.15, 0.2) is 11.5 Å². The summed E-state index contributed by atoms with van der Waals surface area (Å²) in [6, 6.07) is 8.15. The van der Waals surface area contributed by atoms with Gasteiger partial charge >= 0.3 is 0 Å². The highest BCUT2D eigenvalue weighted by Crippen LogP contribution is 2.37. The molecule has 24 heavy (non-hydrogen) atoms. The Bertz CT molecular complexity index is 880. The van der Waals surface area contributed by atoms with Crippen molar-refractivity contribution in [1.82, 2.24) is 0 Å². The third kappa shape index (κ3) is 2.90. The molecule has 0 saturated carbocycles. The van der Waals surface area contributed by atoms with E-state index in [2.05, 4.69) is 5.32 Å². The number of amides is 1. The molecule has 122 valence electrons. The van der Waals surface area contributed by atoms with E-state index >= 15 is 0 Å². The summed E-state index contributed by atoms with van der Waals surface area (Å²) in [5, 5.41) is 12.6. The molecule has 0 aromatic heterocycles. The van der Waals surface area contributed by atoms with E-state index in [9.17, 15) is 14.7 Å². The number of halogens is 2. The first-order valence-corrected chi connectivity index (χ1v) is 8.05. The maximum Gasteiger partial charge on any atom is 0.256 e. The molecular weight excluding hydrogens is 349 g/mol. The van der Waals surface area contributed by atoms with E-state index in [1.165, 1.54) is 12.1 Å². The van der Waals surface area contributed by atoms with Gasteiger partial charge in [-0.15, -0.1) is 0 Å². The van der Waals surface area contributed by atoms with Gasteiger partial charge in [-0.05, 0) is 42.0 Å². The van der Waals surface area contributed by atoms with Crippen LogP contribution in [0.5, 0.6) is 5.75 Å². The number of carbonyl (C=O) groups is 2. The average molecular weight is 362 g/mol. The summed E-state index contributed by atoms with van der Waals surface area (Å²) in [4.78, 5) is 24.1. The summed E-state index contributed by atoms with van der Waals surface area (Å²) < 4.78 is 0. The molecule has 0 spiro atoms. The zero-order chi connectivity index (χ0) is 17.4. The van der Waals surface area contributed by atoms with Gasteiger partial charge in [0.2, 0.25) is 0 Å². The molecule has 6 heteroatoms. The first-order chi connectivity index (χ1) is 11.4. The van der Waals surface area contributed by atoms with E-state index in [0.29, 0.717) is 34.4 Å². The van der Waals surface area contributed by atoms with Crippen LogP contribution in [-0.2, 0) is 4.79 Å². The standard InChI is InChI=1S/C18H13Cl2NO3/c1-2-16(22)10-3-4-15-11(8-10)12(18(24)21-15)5-9-6-13(19)17(23)14(20)7-9/h3-8,23H,2H2,1H3,(H,21,24). The molecule has 0 atom stereocenters. The van der Waals surface area contributed by atoms with Crippen LogP contribution in [0.25, 0.3) is 11.6 Å². The lowest BCUT2D eigenvalue weighted by Gasteiger charge is -2.04. The lowest BCUT2D eigenvalue weighted by atomic mass is 9.99. The number of hydrogen-bond donors (Lipinski definition) is 2. The van der Waals surface area contributed by atoms with Crippen molar-refractivity contribution in [3.8, 4) is 5.75 Å². The normalized spacial score (nSPS) is 14.6. The lowest BCUT2D eigenvalue weighted by molar-refractivity contribution is -0.110. The Morgan fingerprint density at radius 2 is 1.88 bits per heavy atom. The van der Waals surface area contributed by atoms with Gasteiger partial charge in [0.1, 0.15) is 0 Å². The smallest absolute Gasteiger partial charge is 0.256 e. The number of hydrogen-bond acceptors (Lipinski definition) is 3. The predicted octanol–water partition coefficient (Wildman–Crippen LogP) is 4.78. The highest BCUT2D eigenvalue weighted by Gasteiger charge is 2.25. The maximum absolute atomic E-state index is 12.2. The summed E-state index contributed by atoms with van der Waals surface area (Å²) in [5.41, 5.74) is 2.84. The zero-order valence-electron chi connectivity index (χ0n) is 12.7. The number of phenolic OH excluding ortho intramolecular Hbond substituents is 1. The van der Waals surface area contributed by atoms with E-state index in [1.807, 2.05) is 0 Å². The van der Waals surface area contributed by atoms with Crippen LogP contribution in [0.1, 0.15) is 34.8 Å². The van der Waals surface area contributed by atoms with Crippen molar-refractivity contribution < 1.29 is 14.7 Å². The highest BCUT2D eigenvalue weighted by molar-refractivity contribution is 6.38. The molecule has 0 fully saturated rings. The molecule has 1 amide bonds. The molecule has 4 nitrogen and oxygen atoms in total. The topological polar surface area (TPSA) is 66.4 Å². The number of ketones is 1. The first kappa shape index (κ1) is 16.6. The van der Waals surface area contributed by atoms with Gasteiger partial charge in [-0.3, -0.25) is 9.59 Å². The number of aromatic hydroxyl groups is 1. The monoisotopic (exact) mass is 361 g/mol. The zero-order valence-corrected chi connectivity index (χ0v) is 14.2. The molecule has 2 aromatic carbocycles. The number of rotatable bonds is 3. The van der Waals surface area contributed by atoms with Crippen LogP contribution in [0.15, 0.2) is 30.3 Å². The minimum atomic E-state index is -0.272. The summed E-state index contributed by atoms with van der Waals surface area (Å²) in [5.74, 6) is -0.466. The van der Waals surface area contributed by atoms with Crippen LogP contribution in [-0.4, -0.2) is 16.8 Å². The van der Waals surface area contributed by atoms with Gasteiger partial charge in [0, 0.05) is 28.8 Å². The third-order valence-corrected chi connectivity index (χ3v) is 4.37. The van der Waals surface area contributed by atoms with Crippen molar-refractivity contribution in [2.24, 2.45) is 0 Å². The molecule has 1 aliphatic heterocycles. The summed E-state index contributed by atoms with van der Waals surface area (Å²) in [7, 11) is 0. The van der Waals surface area contributed by atoms with Crippen LogP contribution in [0.4, 0.5) is 5.69 Å². The molecule has 2 aromatic rings. The van der Waals surface area contributed by atoms with E-state index in [4.69, 9.17) is 23.2 Å². The van der Waals surface area contributed by atoms with E-state index in [0.717, 1.165) is 0 Å².